The van der Waals surface area contributed by atoms with Gasteiger partial charge in [-0.25, -0.2) is 18.1 Å². The van der Waals surface area contributed by atoms with Crippen LogP contribution in [0.5, 0.6) is 11.6 Å². The van der Waals surface area contributed by atoms with Gasteiger partial charge in [-0.1, -0.05) is 18.2 Å². The lowest BCUT2D eigenvalue weighted by molar-refractivity contribution is -0.141. The van der Waals surface area contributed by atoms with Crippen LogP contribution in [0.2, 0.25) is 0 Å². The van der Waals surface area contributed by atoms with Crippen LogP contribution >= 0.6 is 11.5 Å². The van der Waals surface area contributed by atoms with E-state index in [4.69, 9.17) is 4.74 Å². The monoisotopic (exact) mass is 492 g/mol. The number of aromatic nitrogens is 4. The molecule has 0 aliphatic carbocycles. The molecule has 1 N–H and O–H groups in total. The van der Waals surface area contributed by atoms with Gasteiger partial charge >= 0.3 is 6.18 Å². The number of para-hydroxylation sites is 1. The summed E-state index contributed by atoms with van der Waals surface area (Å²) in [5.41, 5.74) is -1.12. The highest BCUT2D eigenvalue weighted by molar-refractivity contribution is 7.93. The first kappa shape index (κ1) is 22.2. The summed E-state index contributed by atoms with van der Waals surface area (Å²) in [5, 5.41) is 13.1. The maximum Gasteiger partial charge on any atom is 0.435 e. The first-order chi connectivity index (χ1) is 15.7. The van der Waals surface area contributed by atoms with Crippen molar-refractivity contribution in [2.75, 3.05) is 4.72 Å². The van der Waals surface area contributed by atoms with Gasteiger partial charge in [0.25, 0.3) is 10.0 Å². The maximum absolute atomic E-state index is 13.3. The molecule has 0 bridgehead atoms. The number of hydrogen-bond donors (Lipinski definition) is 1. The van der Waals surface area contributed by atoms with E-state index in [0.29, 0.717) is 11.8 Å². The van der Waals surface area contributed by atoms with Crippen LogP contribution in [0.1, 0.15) is 11.3 Å². The number of benzene rings is 2. The van der Waals surface area contributed by atoms with Crippen molar-refractivity contribution in [3.63, 3.8) is 0 Å². The summed E-state index contributed by atoms with van der Waals surface area (Å²) in [6, 6.07) is 13.8. The lowest BCUT2D eigenvalue weighted by Crippen LogP contribution is -2.13. The van der Waals surface area contributed by atoms with E-state index in [9.17, 15) is 26.9 Å². The van der Waals surface area contributed by atoms with Crippen molar-refractivity contribution in [2.24, 2.45) is 0 Å². The summed E-state index contributed by atoms with van der Waals surface area (Å²) >= 11 is 0.820. The molecule has 2 aromatic heterocycles. The standard InChI is InChI=1S/C19H11F3N6O3S2/c20-19(21,22)16-9-17(28(26-16)13-4-2-1-3-5-13)31-15-7-6-14(8-12(15)10-23)33(29,30)27-18-24-11-25-32-18/h1-9,11H,(H,24,25,27). The molecule has 4 aromatic rings. The van der Waals surface area contributed by atoms with Gasteiger partial charge in [0.2, 0.25) is 11.0 Å². The number of nitriles is 1. The molecule has 0 atom stereocenters. The van der Waals surface area contributed by atoms with Gasteiger partial charge in [0.15, 0.2) is 5.69 Å². The summed E-state index contributed by atoms with van der Waals surface area (Å²) in [7, 11) is -4.09. The Morgan fingerprint density at radius 3 is 2.52 bits per heavy atom. The highest BCUT2D eigenvalue weighted by atomic mass is 32.2. The van der Waals surface area contributed by atoms with Crippen LogP contribution in [-0.2, 0) is 16.2 Å². The van der Waals surface area contributed by atoms with E-state index in [2.05, 4.69) is 19.2 Å². The van der Waals surface area contributed by atoms with E-state index in [1.807, 2.05) is 0 Å². The second-order valence-electron chi connectivity index (χ2n) is 6.34. The Labute approximate surface area is 188 Å². The van der Waals surface area contributed by atoms with Gasteiger partial charge in [0.05, 0.1) is 16.1 Å². The zero-order valence-electron chi connectivity index (χ0n) is 16.2. The minimum atomic E-state index is -4.73. The molecule has 0 aliphatic rings. The van der Waals surface area contributed by atoms with Gasteiger partial charge in [-0.15, -0.1) is 0 Å². The van der Waals surface area contributed by atoms with Crippen molar-refractivity contribution in [1.29, 1.82) is 5.26 Å². The van der Waals surface area contributed by atoms with E-state index < -0.39 is 21.9 Å². The Morgan fingerprint density at radius 2 is 1.88 bits per heavy atom. The van der Waals surface area contributed by atoms with Crippen LogP contribution in [-0.4, -0.2) is 27.6 Å². The molecule has 0 radical (unpaired) electrons. The van der Waals surface area contributed by atoms with Crippen molar-refractivity contribution in [2.45, 2.75) is 11.1 Å². The Balaban J connectivity index is 1.71. The predicted molar refractivity (Wildman–Crippen MR) is 111 cm³/mol. The Kier molecular flexibility index (Phi) is 5.75. The quantitative estimate of drug-likeness (QED) is 0.428. The van der Waals surface area contributed by atoms with Crippen LogP contribution < -0.4 is 9.46 Å². The SMILES string of the molecule is N#Cc1cc(S(=O)(=O)Nc2ncns2)ccc1Oc1cc(C(F)(F)F)nn1-c1ccccc1. The van der Waals surface area contributed by atoms with Gasteiger partial charge < -0.3 is 4.74 Å². The van der Waals surface area contributed by atoms with Crippen LogP contribution in [0.4, 0.5) is 18.3 Å². The smallest absolute Gasteiger partial charge is 0.435 e. The zero-order chi connectivity index (χ0) is 23.6. The second kappa shape index (κ2) is 8.52. The minimum absolute atomic E-state index is 0.0280. The summed E-state index contributed by atoms with van der Waals surface area (Å²) in [6.07, 6.45) is -3.56. The van der Waals surface area contributed by atoms with Gasteiger partial charge in [0.1, 0.15) is 18.1 Å². The molecule has 0 spiro atoms. The van der Waals surface area contributed by atoms with Crippen molar-refractivity contribution in [3.8, 4) is 23.4 Å². The topological polar surface area (TPSA) is 123 Å². The molecule has 2 aromatic carbocycles. The molecule has 0 amide bonds. The Hall–Kier alpha value is -3.96. The molecule has 14 heteroatoms. The number of rotatable bonds is 6. The average Bonchev–Trinajstić information content (AvgIpc) is 3.44. The normalized spacial score (nSPS) is 11.7. The fourth-order valence-corrected chi connectivity index (χ4v) is 4.37. The third-order valence-electron chi connectivity index (χ3n) is 4.15. The van der Waals surface area contributed by atoms with Crippen molar-refractivity contribution in [1.82, 2.24) is 19.1 Å². The summed E-state index contributed by atoms with van der Waals surface area (Å²) in [4.78, 5) is 3.46. The minimum Gasteiger partial charge on any atom is -0.438 e. The largest absolute Gasteiger partial charge is 0.438 e. The van der Waals surface area contributed by atoms with Gasteiger partial charge in [-0.3, -0.25) is 4.72 Å². The van der Waals surface area contributed by atoms with E-state index in [0.717, 1.165) is 28.3 Å². The number of halogens is 3. The number of ether oxygens (including phenoxy) is 1. The predicted octanol–water partition coefficient (Wildman–Crippen LogP) is 4.21. The van der Waals surface area contributed by atoms with Crippen LogP contribution in [0.15, 0.2) is 65.8 Å². The lowest BCUT2D eigenvalue weighted by Gasteiger charge is -2.11. The molecule has 0 aliphatic heterocycles. The number of sulfonamides is 1. The zero-order valence-corrected chi connectivity index (χ0v) is 17.8. The molecule has 0 fully saturated rings. The summed E-state index contributed by atoms with van der Waals surface area (Å²) in [5.74, 6) is -0.467. The maximum atomic E-state index is 13.3. The molecular formula is C19H11F3N6O3S2. The van der Waals surface area contributed by atoms with Gasteiger partial charge in [-0.05, 0) is 30.3 Å². The average molecular weight is 492 g/mol. The number of anilines is 1. The molecular weight excluding hydrogens is 481 g/mol. The third kappa shape index (κ3) is 4.78. The first-order valence-corrected chi connectivity index (χ1v) is 11.2. The molecule has 9 nitrogen and oxygen atoms in total. The van der Waals surface area contributed by atoms with E-state index >= 15 is 0 Å². The number of nitrogens with one attached hydrogen (secondary N) is 1. The number of hydrogen-bond acceptors (Lipinski definition) is 8. The molecule has 0 saturated carbocycles. The van der Waals surface area contributed by atoms with E-state index in [-0.39, 0.29) is 27.2 Å². The van der Waals surface area contributed by atoms with Gasteiger partial charge in [0, 0.05) is 17.6 Å². The second-order valence-corrected chi connectivity index (χ2v) is 8.80. The van der Waals surface area contributed by atoms with Crippen LogP contribution in [0, 0.1) is 11.3 Å². The van der Waals surface area contributed by atoms with Gasteiger partial charge in [-0.2, -0.15) is 27.9 Å². The summed E-state index contributed by atoms with van der Waals surface area (Å²) in [6.45, 7) is 0. The molecule has 4 rings (SSSR count). The van der Waals surface area contributed by atoms with Crippen molar-refractivity contribution in [3.05, 3.63) is 72.2 Å². The van der Waals surface area contributed by atoms with E-state index in [1.54, 1.807) is 24.3 Å². The van der Waals surface area contributed by atoms with Crippen LogP contribution in [0.25, 0.3) is 5.69 Å². The summed E-state index contributed by atoms with van der Waals surface area (Å²) < 4.78 is 77.2. The van der Waals surface area contributed by atoms with Crippen LogP contribution in [0.3, 0.4) is 0 Å². The fourth-order valence-electron chi connectivity index (χ4n) is 2.69. The first-order valence-electron chi connectivity index (χ1n) is 8.91. The molecule has 0 saturated heterocycles. The molecule has 168 valence electrons. The highest BCUT2D eigenvalue weighted by Gasteiger charge is 2.36. The molecule has 33 heavy (non-hydrogen) atoms. The highest BCUT2D eigenvalue weighted by Crippen LogP contribution is 2.35. The lowest BCUT2D eigenvalue weighted by atomic mass is 10.2. The van der Waals surface area contributed by atoms with Crippen molar-refractivity contribution >= 4 is 26.7 Å². The third-order valence-corrected chi connectivity index (χ3v) is 6.19. The Bertz CT molecular complexity index is 1430. The van der Waals surface area contributed by atoms with E-state index in [1.165, 1.54) is 24.5 Å². The fraction of sp³-hybridized carbons (Fsp3) is 0.0526. The molecule has 0 unspecified atom stereocenters. The van der Waals surface area contributed by atoms with Crippen molar-refractivity contribution < 1.29 is 26.3 Å². The molecule has 2 heterocycles. The Morgan fingerprint density at radius 1 is 1.12 bits per heavy atom. The number of alkyl halides is 3. The number of nitrogens with zero attached hydrogens (tertiary/aromatic N) is 5.